The number of hydrogen-bond donors (Lipinski definition) is 3. The van der Waals surface area contributed by atoms with Gasteiger partial charge in [0.2, 0.25) is 0 Å². The summed E-state index contributed by atoms with van der Waals surface area (Å²) in [5.74, 6) is 1.26. The number of nitrogens with zero attached hydrogens (tertiary/aromatic N) is 2. The third-order valence-electron chi connectivity index (χ3n) is 6.93. The summed E-state index contributed by atoms with van der Waals surface area (Å²) in [6, 6.07) is 21.9. The van der Waals surface area contributed by atoms with Gasteiger partial charge in [-0.1, -0.05) is 30.3 Å². The quantitative estimate of drug-likeness (QED) is 0.156. The minimum atomic E-state index is -3.81. The van der Waals surface area contributed by atoms with Crippen LogP contribution in [-0.4, -0.2) is 44.2 Å². The Morgan fingerprint density at radius 2 is 1.68 bits per heavy atom. The van der Waals surface area contributed by atoms with Crippen molar-refractivity contribution in [1.82, 2.24) is 4.90 Å². The van der Waals surface area contributed by atoms with E-state index in [1.807, 2.05) is 47.4 Å². The Morgan fingerprint density at radius 3 is 2.29 bits per heavy atom. The molecule has 0 saturated carbocycles. The summed E-state index contributed by atoms with van der Waals surface area (Å²) < 4.78 is 35.3. The minimum absolute atomic E-state index is 0. The van der Waals surface area contributed by atoms with Crippen molar-refractivity contribution in [2.45, 2.75) is 36.6 Å². The molecule has 1 aliphatic rings. The van der Waals surface area contributed by atoms with Gasteiger partial charge in [-0.05, 0) is 71.1 Å². The monoisotopic (exact) mass is 633 g/mol. The number of ether oxygens (including phenoxy) is 1. The average Bonchev–Trinajstić information content (AvgIpc) is 3.48. The molecule has 4 N–H and O–H groups in total. The van der Waals surface area contributed by atoms with E-state index in [0.717, 1.165) is 42.3 Å². The largest absolute Gasteiger partial charge is 0.490 e. The van der Waals surface area contributed by atoms with Crippen LogP contribution in [0, 0.1) is 10.8 Å². The lowest BCUT2D eigenvalue weighted by molar-refractivity contribution is 0.130. The zero-order chi connectivity index (χ0) is 27.6. The molecule has 4 aromatic rings. The molecule has 1 saturated heterocycles. The second-order valence-corrected chi connectivity index (χ2v) is 12.7. The van der Waals surface area contributed by atoms with Gasteiger partial charge < -0.3 is 15.4 Å². The number of sulfonamides is 1. The van der Waals surface area contributed by atoms with Crippen LogP contribution >= 0.6 is 36.2 Å². The Morgan fingerprint density at radius 1 is 1.00 bits per heavy atom. The van der Waals surface area contributed by atoms with Crippen LogP contribution in [0.1, 0.15) is 30.9 Å². The number of thiophene rings is 1. The number of likely N-dealkylation sites (tertiary alicyclic amines) is 1. The van der Waals surface area contributed by atoms with Crippen LogP contribution in [-0.2, 0) is 16.6 Å². The van der Waals surface area contributed by atoms with Crippen molar-refractivity contribution < 1.29 is 13.2 Å². The first kappa shape index (κ1) is 32.2. The first-order chi connectivity index (χ1) is 18.7. The Labute approximate surface area is 257 Å². The number of hydrogen-bond acceptors (Lipinski definition) is 6. The summed E-state index contributed by atoms with van der Waals surface area (Å²) in [7, 11) is -3.81. The van der Waals surface area contributed by atoms with Gasteiger partial charge in [-0.25, -0.2) is 8.42 Å². The first-order valence-corrected chi connectivity index (χ1v) is 15.0. The molecule has 0 unspecified atom stereocenters. The van der Waals surface area contributed by atoms with Crippen molar-refractivity contribution in [2.75, 3.05) is 17.4 Å². The first-order valence-electron chi connectivity index (χ1n) is 12.7. The van der Waals surface area contributed by atoms with Crippen molar-refractivity contribution >= 4 is 74.3 Å². The predicted molar refractivity (Wildman–Crippen MR) is 172 cm³/mol. The highest BCUT2D eigenvalue weighted by Gasteiger charge is 2.27. The lowest BCUT2D eigenvalue weighted by Crippen LogP contribution is -2.40. The molecule has 1 aliphatic heterocycles. The van der Waals surface area contributed by atoms with Crippen LogP contribution in [0.4, 0.5) is 5.69 Å². The van der Waals surface area contributed by atoms with Gasteiger partial charge in [-0.3, -0.25) is 15.1 Å². The predicted octanol–water partition coefficient (Wildman–Crippen LogP) is 6.26. The van der Waals surface area contributed by atoms with Gasteiger partial charge in [0.1, 0.15) is 21.9 Å². The number of nitrogen functional groups attached to an aromatic ring is 1. The van der Waals surface area contributed by atoms with E-state index in [0.29, 0.717) is 22.8 Å². The Balaban J connectivity index is 0.00000231. The molecule has 0 amide bonds. The molecular weight excluding hydrogens is 601 g/mol. The lowest BCUT2D eigenvalue weighted by Gasteiger charge is -2.33. The van der Waals surface area contributed by atoms with Crippen LogP contribution in [0.3, 0.4) is 0 Å². The fraction of sp³-hybridized carbons (Fsp3) is 0.241. The third-order valence-corrected chi connectivity index (χ3v) is 10.1. The van der Waals surface area contributed by atoms with E-state index in [9.17, 15) is 8.42 Å². The van der Waals surface area contributed by atoms with Gasteiger partial charge in [0.15, 0.2) is 0 Å². The number of fused-ring (bicyclic) bond motifs is 1. The summed E-state index contributed by atoms with van der Waals surface area (Å²) in [5.41, 5.74) is 7.66. The van der Waals surface area contributed by atoms with Gasteiger partial charge in [-0.2, -0.15) is 0 Å². The maximum absolute atomic E-state index is 13.7. The van der Waals surface area contributed by atoms with Crippen LogP contribution < -0.4 is 14.8 Å². The zero-order valence-electron chi connectivity index (χ0n) is 22.4. The number of nitrogens with two attached hydrogens (primary N) is 1. The van der Waals surface area contributed by atoms with E-state index < -0.39 is 10.0 Å². The molecule has 1 fully saturated rings. The second kappa shape index (κ2) is 13.6. The van der Waals surface area contributed by atoms with E-state index in [-0.39, 0.29) is 47.5 Å². The lowest BCUT2D eigenvalue weighted by atomic mass is 10.0. The van der Waals surface area contributed by atoms with Crippen LogP contribution in [0.25, 0.3) is 10.8 Å². The molecule has 8 nitrogen and oxygen atoms in total. The van der Waals surface area contributed by atoms with Crippen molar-refractivity contribution in [1.29, 1.82) is 10.8 Å². The zero-order valence-corrected chi connectivity index (χ0v) is 25.7. The van der Waals surface area contributed by atoms with Crippen molar-refractivity contribution in [3.05, 3.63) is 89.3 Å². The minimum Gasteiger partial charge on any atom is -0.490 e. The topological polar surface area (TPSA) is 124 Å². The number of anilines is 1. The van der Waals surface area contributed by atoms with Crippen molar-refractivity contribution in [3.8, 4) is 5.75 Å². The molecule has 41 heavy (non-hydrogen) atoms. The Kier molecular flexibility index (Phi) is 10.7. The molecular formula is C29H33Cl2N5O3S2. The maximum atomic E-state index is 13.7. The molecule has 12 heteroatoms. The summed E-state index contributed by atoms with van der Waals surface area (Å²) in [4.78, 5) is 2.05. The van der Waals surface area contributed by atoms with Crippen LogP contribution in [0.15, 0.2) is 82.4 Å². The standard InChI is InChI=1S/C29H31N5O3S2.2ClH/c1-20(30)33-14-12-27(13-15-33)37-26-10-8-25(9-11-26)34(39(35,36)28-3-2-16-38-28)19-21-4-5-22-6-7-23(29(31)32)18-24(22)17-21;;/h2-11,16-18,27,30H,12-15,19H2,1H3,(H3,31,32);2*1H. The molecule has 0 bridgehead atoms. The fourth-order valence-electron chi connectivity index (χ4n) is 4.75. The van der Waals surface area contributed by atoms with E-state index in [4.69, 9.17) is 21.3 Å². The summed E-state index contributed by atoms with van der Waals surface area (Å²) >= 11 is 1.19. The highest BCUT2D eigenvalue weighted by atomic mass is 35.5. The van der Waals surface area contributed by atoms with Gasteiger partial charge >= 0.3 is 0 Å². The number of piperidine rings is 1. The molecule has 1 aromatic heterocycles. The van der Waals surface area contributed by atoms with E-state index in [1.54, 1.807) is 42.6 Å². The fourth-order valence-corrected chi connectivity index (χ4v) is 7.31. The molecule has 0 radical (unpaired) electrons. The van der Waals surface area contributed by atoms with Gasteiger partial charge in [-0.15, -0.1) is 36.2 Å². The number of rotatable bonds is 8. The highest BCUT2D eigenvalue weighted by molar-refractivity contribution is 7.94. The molecule has 2 heterocycles. The SMILES string of the molecule is CC(=N)N1CCC(Oc2ccc(N(Cc3ccc4ccc(C(=N)N)cc4c3)S(=O)(=O)c3cccs3)cc2)CC1.Cl.Cl. The van der Waals surface area contributed by atoms with E-state index >= 15 is 0 Å². The van der Waals surface area contributed by atoms with Gasteiger partial charge in [0.25, 0.3) is 10.0 Å². The Hall–Kier alpha value is -3.31. The number of nitrogens with one attached hydrogen (secondary N) is 2. The van der Waals surface area contributed by atoms with E-state index in [2.05, 4.69) is 0 Å². The molecule has 0 aliphatic carbocycles. The Bertz CT molecular complexity index is 1610. The molecule has 0 spiro atoms. The van der Waals surface area contributed by atoms with Gasteiger partial charge in [0.05, 0.1) is 18.1 Å². The second-order valence-electron chi connectivity index (χ2n) is 9.64. The molecule has 0 atom stereocenters. The smallest absolute Gasteiger partial charge is 0.274 e. The molecule has 218 valence electrons. The van der Waals surface area contributed by atoms with Crippen LogP contribution in [0.5, 0.6) is 5.75 Å². The molecule has 5 rings (SSSR count). The average molecular weight is 635 g/mol. The maximum Gasteiger partial charge on any atom is 0.274 e. The van der Waals surface area contributed by atoms with Crippen molar-refractivity contribution in [3.63, 3.8) is 0 Å². The number of amidine groups is 2. The normalized spacial score (nSPS) is 13.6. The number of benzene rings is 3. The molecule has 3 aromatic carbocycles. The summed E-state index contributed by atoms with van der Waals surface area (Å²) in [6.45, 7) is 3.54. The summed E-state index contributed by atoms with van der Waals surface area (Å²) in [5, 5.41) is 19.2. The van der Waals surface area contributed by atoms with Crippen molar-refractivity contribution in [2.24, 2.45) is 5.73 Å². The highest BCUT2D eigenvalue weighted by Crippen LogP contribution is 2.31. The van der Waals surface area contributed by atoms with E-state index in [1.165, 1.54) is 15.6 Å². The summed E-state index contributed by atoms with van der Waals surface area (Å²) in [6.07, 6.45) is 1.74. The third kappa shape index (κ3) is 7.32. The number of halogens is 2. The van der Waals surface area contributed by atoms with Gasteiger partial charge in [0, 0.05) is 31.5 Å². The van der Waals surface area contributed by atoms with Crippen LogP contribution in [0.2, 0.25) is 0 Å².